The first-order valence-electron chi connectivity index (χ1n) is 6.39. The third kappa shape index (κ3) is 3.05. The number of rotatable bonds is 4. The van der Waals surface area contributed by atoms with E-state index in [-0.39, 0.29) is 0 Å². The zero-order valence-corrected chi connectivity index (χ0v) is 11.1. The van der Waals surface area contributed by atoms with Crippen LogP contribution in [0.3, 0.4) is 0 Å². The van der Waals surface area contributed by atoms with Gasteiger partial charge in [0.05, 0.1) is 5.01 Å². The molecule has 3 unspecified atom stereocenters. The van der Waals surface area contributed by atoms with E-state index < -0.39 is 0 Å². The molecule has 3 atom stereocenters. The smallest absolute Gasteiger partial charge is 0.0937 e. The minimum atomic E-state index is 0.726. The molecule has 0 radical (unpaired) electrons. The van der Waals surface area contributed by atoms with Crippen molar-refractivity contribution in [1.29, 1.82) is 0 Å². The lowest BCUT2D eigenvalue weighted by Gasteiger charge is -2.34. The molecule has 0 amide bonds. The molecule has 90 valence electrons. The van der Waals surface area contributed by atoms with Crippen LogP contribution in [0.15, 0.2) is 11.6 Å². The molecule has 2 nitrogen and oxygen atoms in total. The second-order valence-corrected chi connectivity index (χ2v) is 5.98. The average Bonchev–Trinajstić information content (AvgIpc) is 2.77. The Morgan fingerprint density at radius 3 is 3.06 bits per heavy atom. The summed E-state index contributed by atoms with van der Waals surface area (Å²) in [4.78, 5) is 4.31. The van der Waals surface area contributed by atoms with Crippen LogP contribution in [0.25, 0.3) is 0 Å². The molecule has 3 heteroatoms. The number of thiazole rings is 1. The van der Waals surface area contributed by atoms with Crippen molar-refractivity contribution in [2.75, 3.05) is 6.54 Å². The standard InChI is InChI=1S/C13H22N2S/c1-10-4-3-5-12(11(10)2)14-7-6-13-15-8-9-16-13/h8-12,14H,3-7H2,1-2H3. The maximum atomic E-state index is 4.31. The summed E-state index contributed by atoms with van der Waals surface area (Å²) in [5.41, 5.74) is 0. The molecule has 1 heterocycles. The van der Waals surface area contributed by atoms with Gasteiger partial charge in [0.25, 0.3) is 0 Å². The lowest BCUT2D eigenvalue weighted by Crippen LogP contribution is -2.41. The molecule has 1 aliphatic carbocycles. The van der Waals surface area contributed by atoms with Gasteiger partial charge in [-0.25, -0.2) is 4.98 Å². The zero-order valence-electron chi connectivity index (χ0n) is 10.3. The Bertz CT molecular complexity index is 297. The van der Waals surface area contributed by atoms with Crippen LogP contribution >= 0.6 is 11.3 Å². The Morgan fingerprint density at radius 2 is 2.31 bits per heavy atom. The van der Waals surface area contributed by atoms with E-state index in [1.54, 1.807) is 11.3 Å². The van der Waals surface area contributed by atoms with Crippen LogP contribution in [0.5, 0.6) is 0 Å². The molecule has 1 aliphatic rings. The summed E-state index contributed by atoms with van der Waals surface area (Å²) < 4.78 is 0. The van der Waals surface area contributed by atoms with Gasteiger partial charge in [-0.15, -0.1) is 11.3 Å². The highest BCUT2D eigenvalue weighted by atomic mass is 32.1. The molecule has 0 saturated heterocycles. The molecular formula is C13H22N2S. The van der Waals surface area contributed by atoms with Gasteiger partial charge in [0.1, 0.15) is 0 Å². The summed E-state index contributed by atoms with van der Waals surface area (Å²) in [5, 5.41) is 7.02. The van der Waals surface area contributed by atoms with Crippen LogP contribution in [-0.2, 0) is 6.42 Å². The number of aromatic nitrogens is 1. The fourth-order valence-electron chi connectivity index (χ4n) is 2.61. The molecule has 1 N–H and O–H groups in total. The molecule has 0 aliphatic heterocycles. The second-order valence-electron chi connectivity index (χ2n) is 5.00. The van der Waals surface area contributed by atoms with Crippen LogP contribution in [-0.4, -0.2) is 17.6 Å². The van der Waals surface area contributed by atoms with E-state index in [0.29, 0.717) is 0 Å². The quantitative estimate of drug-likeness (QED) is 0.872. The Balaban J connectivity index is 1.73. The van der Waals surface area contributed by atoms with Crippen LogP contribution < -0.4 is 5.32 Å². The van der Waals surface area contributed by atoms with Crippen molar-refractivity contribution in [3.8, 4) is 0 Å². The Kier molecular flexibility index (Phi) is 4.36. The van der Waals surface area contributed by atoms with Crippen molar-refractivity contribution < 1.29 is 0 Å². The lowest BCUT2D eigenvalue weighted by molar-refractivity contribution is 0.208. The van der Waals surface area contributed by atoms with Crippen molar-refractivity contribution in [1.82, 2.24) is 10.3 Å². The molecular weight excluding hydrogens is 216 g/mol. The van der Waals surface area contributed by atoms with Gasteiger partial charge < -0.3 is 5.32 Å². The minimum Gasteiger partial charge on any atom is -0.313 e. The molecule has 2 rings (SSSR count). The highest BCUT2D eigenvalue weighted by Gasteiger charge is 2.26. The number of hydrogen-bond acceptors (Lipinski definition) is 3. The summed E-state index contributed by atoms with van der Waals surface area (Å²) in [6.07, 6.45) is 7.12. The van der Waals surface area contributed by atoms with Crippen LogP contribution in [0.4, 0.5) is 0 Å². The van der Waals surface area contributed by atoms with Gasteiger partial charge in [0.15, 0.2) is 0 Å². The maximum Gasteiger partial charge on any atom is 0.0937 e. The summed E-state index contributed by atoms with van der Waals surface area (Å²) >= 11 is 1.76. The predicted octanol–water partition coefficient (Wildman–Crippen LogP) is 3.10. The third-order valence-corrected chi connectivity index (χ3v) is 4.78. The van der Waals surface area contributed by atoms with Crippen molar-refractivity contribution >= 4 is 11.3 Å². The van der Waals surface area contributed by atoms with Gasteiger partial charge in [-0.05, 0) is 18.3 Å². The van der Waals surface area contributed by atoms with Gasteiger partial charge >= 0.3 is 0 Å². The summed E-state index contributed by atoms with van der Waals surface area (Å²) in [6, 6.07) is 0.726. The van der Waals surface area contributed by atoms with E-state index >= 15 is 0 Å². The van der Waals surface area contributed by atoms with E-state index in [1.165, 1.54) is 24.3 Å². The fourth-order valence-corrected chi connectivity index (χ4v) is 3.23. The van der Waals surface area contributed by atoms with E-state index in [9.17, 15) is 0 Å². The van der Waals surface area contributed by atoms with Gasteiger partial charge in [0.2, 0.25) is 0 Å². The van der Waals surface area contributed by atoms with E-state index in [0.717, 1.165) is 30.8 Å². The van der Waals surface area contributed by atoms with Gasteiger partial charge in [0, 0.05) is 30.6 Å². The van der Waals surface area contributed by atoms with Crippen molar-refractivity contribution in [3.63, 3.8) is 0 Å². The number of nitrogens with zero attached hydrogens (tertiary/aromatic N) is 1. The molecule has 0 aromatic carbocycles. The molecule has 1 fully saturated rings. The van der Waals surface area contributed by atoms with Gasteiger partial charge in [-0.2, -0.15) is 0 Å². The highest BCUT2D eigenvalue weighted by molar-refractivity contribution is 7.09. The Labute approximate surface area is 102 Å². The first-order chi connectivity index (χ1) is 7.77. The van der Waals surface area contributed by atoms with Crippen LogP contribution in [0.1, 0.15) is 38.1 Å². The second kappa shape index (κ2) is 5.78. The monoisotopic (exact) mass is 238 g/mol. The summed E-state index contributed by atoms with van der Waals surface area (Å²) in [6.45, 7) is 5.86. The van der Waals surface area contributed by atoms with Gasteiger partial charge in [-0.3, -0.25) is 0 Å². The van der Waals surface area contributed by atoms with Crippen LogP contribution in [0, 0.1) is 11.8 Å². The maximum absolute atomic E-state index is 4.31. The molecule has 1 aromatic rings. The summed E-state index contributed by atoms with van der Waals surface area (Å²) in [5.74, 6) is 1.70. The first kappa shape index (κ1) is 12.1. The molecule has 1 aromatic heterocycles. The predicted molar refractivity (Wildman–Crippen MR) is 69.8 cm³/mol. The normalized spacial score (nSPS) is 30.5. The molecule has 0 bridgehead atoms. The zero-order chi connectivity index (χ0) is 11.4. The van der Waals surface area contributed by atoms with E-state index in [4.69, 9.17) is 0 Å². The SMILES string of the molecule is CC1CCCC(NCCc2nccs2)C1C. The topological polar surface area (TPSA) is 24.9 Å². The Hall–Kier alpha value is -0.410. The van der Waals surface area contributed by atoms with Gasteiger partial charge in [-0.1, -0.05) is 26.7 Å². The fraction of sp³-hybridized carbons (Fsp3) is 0.769. The largest absolute Gasteiger partial charge is 0.313 e. The Morgan fingerprint density at radius 1 is 1.44 bits per heavy atom. The molecule has 16 heavy (non-hydrogen) atoms. The third-order valence-electron chi connectivity index (χ3n) is 3.94. The highest BCUT2D eigenvalue weighted by Crippen LogP contribution is 2.29. The van der Waals surface area contributed by atoms with Crippen LogP contribution in [0.2, 0.25) is 0 Å². The number of hydrogen-bond donors (Lipinski definition) is 1. The molecule has 1 saturated carbocycles. The summed E-state index contributed by atoms with van der Waals surface area (Å²) in [7, 11) is 0. The minimum absolute atomic E-state index is 0.726. The first-order valence-corrected chi connectivity index (χ1v) is 7.27. The van der Waals surface area contributed by atoms with Crippen molar-refractivity contribution in [3.05, 3.63) is 16.6 Å². The average molecular weight is 238 g/mol. The van der Waals surface area contributed by atoms with E-state index in [2.05, 4.69) is 29.5 Å². The number of nitrogens with one attached hydrogen (secondary N) is 1. The van der Waals surface area contributed by atoms with Crippen molar-refractivity contribution in [2.45, 2.75) is 45.6 Å². The van der Waals surface area contributed by atoms with E-state index in [1.807, 2.05) is 6.20 Å². The lowest BCUT2D eigenvalue weighted by atomic mass is 9.78. The van der Waals surface area contributed by atoms with Crippen molar-refractivity contribution in [2.24, 2.45) is 11.8 Å². The molecule has 0 spiro atoms.